The average Bonchev–Trinajstić information content (AvgIpc) is 2.86. The van der Waals surface area contributed by atoms with Gasteiger partial charge in [-0.3, -0.25) is 0 Å². The Labute approximate surface area is 111 Å². The Bertz CT molecular complexity index is 374. The quantitative estimate of drug-likeness (QED) is 0.809. The van der Waals surface area contributed by atoms with Crippen molar-refractivity contribution in [2.75, 3.05) is 38.7 Å². The summed E-state index contributed by atoms with van der Waals surface area (Å²) < 4.78 is 23.1. The van der Waals surface area contributed by atoms with Crippen molar-refractivity contribution < 1.29 is 8.42 Å². The number of rotatable bonds is 5. The molecule has 0 spiro atoms. The Morgan fingerprint density at radius 2 is 2.00 bits per heavy atom. The van der Waals surface area contributed by atoms with Gasteiger partial charge < -0.3 is 10.2 Å². The maximum absolute atomic E-state index is 11.5. The van der Waals surface area contributed by atoms with Crippen molar-refractivity contribution >= 4 is 9.84 Å². The number of nitrogens with zero attached hydrogens (tertiary/aromatic N) is 1. The van der Waals surface area contributed by atoms with E-state index >= 15 is 0 Å². The van der Waals surface area contributed by atoms with Crippen LogP contribution in [0.3, 0.4) is 0 Å². The standard InChI is InChI=1S/C13H26N2O2S/c1-14-10-13(6-3-4-7-13)11-15(2)12-5-8-18(16,17)9-12/h12,14H,3-11H2,1-2H3. The summed E-state index contributed by atoms with van der Waals surface area (Å²) in [6, 6.07) is 0.240. The maximum Gasteiger partial charge on any atom is 0.151 e. The molecule has 106 valence electrons. The molecule has 1 aliphatic carbocycles. The zero-order valence-corrected chi connectivity index (χ0v) is 12.4. The van der Waals surface area contributed by atoms with Crippen molar-refractivity contribution in [3.05, 3.63) is 0 Å². The Kier molecular flexibility index (Phi) is 4.34. The minimum Gasteiger partial charge on any atom is -0.319 e. The van der Waals surface area contributed by atoms with Crippen LogP contribution in [0, 0.1) is 5.41 Å². The van der Waals surface area contributed by atoms with Crippen LogP contribution in [0.4, 0.5) is 0 Å². The summed E-state index contributed by atoms with van der Waals surface area (Å²) in [7, 11) is 1.35. The minimum absolute atomic E-state index is 0.240. The Morgan fingerprint density at radius 3 is 2.50 bits per heavy atom. The van der Waals surface area contributed by atoms with E-state index < -0.39 is 9.84 Å². The van der Waals surface area contributed by atoms with Crippen LogP contribution < -0.4 is 5.32 Å². The molecule has 1 atom stereocenters. The summed E-state index contributed by atoms with van der Waals surface area (Å²) >= 11 is 0. The maximum atomic E-state index is 11.5. The third-order valence-corrected chi connectivity index (χ3v) is 6.38. The van der Waals surface area contributed by atoms with Gasteiger partial charge in [-0.15, -0.1) is 0 Å². The lowest BCUT2D eigenvalue weighted by atomic mass is 9.85. The zero-order valence-electron chi connectivity index (χ0n) is 11.6. The smallest absolute Gasteiger partial charge is 0.151 e. The molecule has 5 heteroatoms. The summed E-state index contributed by atoms with van der Waals surface area (Å²) in [6.45, 7) is 2.09. The molecule has 1 heterocycles. The molecule has 0 amide bonds. The summed E-state index contributed by atoms with van der Waals surface area (Å²) in [5, 5.41) is 3.32. The number of hydrogen-bond acceptors (Lipinski definition) is 4. The molecule has 0 aromatic carbocycles. The molecular formula is C13H26N2O2S. The first-order valence-corrected chi connectivity index (χ1v) is 8.84. The molecule has 2 fully saturated rings. The summed E-state index contributed by atoms with van der Waals surface area (Å²) in [6.07, 6.45) is 6.00. The van der Waals surface area contributed by atoms with E-state index in [9.17, 15) is 8.42 Å². The van der Waals surface area contributed by atoms with E-state index in [1.165, 1.54) is 25.7 Å². The SMILES string of the molecule is CNCC1(CN(C)C2CCS(=O)(=O)C2)CCCC1. The van der Waals surface area contributed by atoms with Gasteiger partial charge in [0.15, 0.2) is 9.84 Å². The molecule has 2 aliphatic rings. The predicted octanol–water partition coefficient (Wildman–Crippen LogP) is 0.885. The third-order valence-electron chi connectivity index (χ3n) is 4.63. The molecule has 18 heavy (non-hydrogen) atoms. The molecule has 0 bridgehead atoms. The van der Waals surface area contributed by atoms with E-state index in [4.69, 9.17) is 0 Å². The lowest BCUT2D eigenvalue weighted by molar-refractivity contribution is 0.145. The first-order valence-electron chi connectivity index (χ1n) is 7.02. The van der Waals surface area contributed by atoms with Gasteiger partial charge in [-0.05, 0) is 38.8 Å². The number of hydrogen-bond donors (Lipinski definition) is 1. The third kappa shape index (κ3) is 3.25. The second kappa shape index (κ2) is 5.47. The van der Waals surface area contributed by atoms with Crippen molar-refractivity contribution in [1.82, 2.24) is 10.2 Å². The molecule has 0 aromatic rings. The van der Waals surface area contributed by atoms with Crippen molar-refractivity contribution in [3.63, 3.8) is 0 Å². The van der Waals surface area contributed by atoms with Gasteiger partial charge in [0.2, 0.25) is 0 Å². The lowest BCUT2D eigenvalue weighted by Crippen LogP contribution is -2.44. The summed E-state index contributed by atoms with van der Waals surface area (Å²) in [5.41, 5.74) is 0.371. The molecular weight excluding hydrogens is 248 g/mol. The largest absolute Gasteiger partial charge is 0.319 e. The van der Waals surface area contributed by atoms with E-state index in [2.05, 4.69) is 17.3 Å². The zero-order chi connectivity index (χ0) is 13.2. The molecule has 1 N–H and O–H groups in total. The monoisotopic (exact) mass is 274 g/mol. The van der Waals surface area contributed by atoms with E-state index in [0.29, 0.717) is 16.9 Å². The van der Waals surface area contributed by atoms with Crippen molar-refractivity contribution in [3.8, 4) is 0 Å². The second-order valence-corrected chi connectivity index (χ2v) is 8.44. The molecule has 1 saturated heterocycles. The van der Waals surface area contributed by atoms with Crippen LogP contribution in [0.25, 0.3) is 0 Å². The average molecular weight is 274 g/mol. The molecule has 1 aliphatic heterocycles. The van der Waals surface area contributed by atoms with Gasteiger partial charge in [-0.25, -0.2) is 8.42 Å². The molecule has 0 aromatic heterocycles. The van der Waals surface area contributed by atoms with Gasteiger partial charge in [0, 0.05) is 19.1 Å². The highest BCUT2D eigenvalue weighted by atomic mass is 32.2. The van der Waals surface area contributed by atoms with Crippen LogP contribution in [0.1, 0.15) is 32.1 Å². The molecule has 4 nitrogen and oxygen atoms in total. The number of nitrogens with one attached hydrogen (secondary N) is 1. The molecule has 1 unspecified atom stereocenters. The van der Waals surface area contributed by atoms with Gasteiger partial charge in [0.05, 0.1) is 11.5 Å². The van der Waals surface area contributed by atoms with Crippen LogP contribution >= 0.6 is 0 Å². The predicted molar refractivity (Wildman–Crippen MR) is 74.5 cm³/mol. The second-order valence-electron chi connectivity index (χ2n) is 6.21. The number of sulfone groups is 1. The van der Waals surface area contributed by atoms with Gasteiger partial charge in [0.25, 0.3) is 0 Å². The van der Waals surface area contributed by atoms with Crippen LogP contribution in [-0.2, 0) is 9.84 Å². The van der Waals surface area contributed by atoms with Crippen LogP contribution in [0.15, 0.2) is 0 Å². The molecule has 1 saturated carbocycles. The van der Waals surface area contributed by atoms with Crippen molar-refractivity contribution in [1.29, 1.82) is 0 Å². The van der Waals surface area contributed by atoms with Crippen molar-refractivity contribution in [2.45, 2.75) is 38.1 Å². The fraction of sp³-hybridized carbons (Fsp3) is 1.00. The van der Waals surface area contributed by atoms with Gasteiger partial charge in [0.1, 0.15) is 0 Å². The van der Waals surface area contributed by atoms with E-state index in [-0.39, 0.29) is 6.04 Å². The van der Waals surface area contributed by atoms with E-state index in [1.807, 2.05) is 7.05 Å². The first kappa shape index (κ1) is 14.3. The summed E-state index contributed by atoms with van der Waals surface area (Å²) in [5.74, 6) is 0.736. The first-order chi connectivity index (χ1) is 8.46. The van der Waals surface area contributed by atoms with Gasteiger partial charge in [-0.2, -0.15) is 0 Å². The van der Waals surface area contributed by atoms with E-state index in [0.717, 1.165) is 19.5 Å². The Balaban J connectivity index is 1.95. The van der Waals surface area contributed by atoms with Gasteiger partial charge >= 0.3 is 0 Å². The highest BCUT2D eigenvalue weighted by Gasteiger charge is 2.38. The fourth-order valence-electron chi connectivity index (χ4n) is 3.67. The topological polar surface area (TPSA) is 49.4 Å². The van der Waals surface area contributed by atoms with Crippen LogP contribution in [0.2, 0.25) is 0 Å². The Morgan fingerprint density at radius 1 is 1.33 bits per heavy atom. The van der Waals surface area contributed by atoms with E-state index in [1.54, 1.807) is 0 Å². The highest BCUT2D eigenvalue weighted by Crippen LogP contribution is 2.38. The molecule has 2 rings (SSSR count). The van der Waals surface area contributed by atoms with Crippen LogP contribution in [-0.4, -0.2) is 58.1 Å². The van der Waals surface area contributed by atoms with Crippen LogP contribution in [0.5, 0.6) is 0 Å². The van der Waals surface area contributed by atoms with Gasteiger partial charge in [-0.1, -0.05) is 12.8 Å². The summed E-state index contributed by atoms with van der Waals surface area (Å²) in [4.78, 5) is 2.30. The molecule has 0 radical (unpaired) electrons. The van der Waals surface area contributed by atoms with Crippen molar-refractivity contribution in [2.24, 2.45) is 5.41 Å². The highest BCUT2D eigenvalue weighted by molar-refractivity contribution is 7.91. The minimum atomic E-state index is -2.76. The lowest BCUT2D eigenvalue weighted by Gasteiger charge is -2.36. The fourth-order valence-corrected chi connectivity index (χ4v) is 5.48. The normalized spacial score (nSPS) is 30.1. The Hall–Kier alpha value is -0.130.